The molecule has 0 spiro atoms. The van der Waals surface area contributed by atoms with Gasteiger partial charge in [-0.2, -0.15) is 0 Å². The van der Waals surface area contributed by atoms with Crippen molar-refractivity contribution < 1.29 is 14.2 Å². The van der Waals surface area contributed by atoms with Gasteiger partial charge in [0.2, 0.25) is 0 Å². The molecule has 4 heteroatoms. The topological polar surface area (TPSA) is 32.7 Å². The summed E-state index contributed by atoms with van der Waals surface area (Å²) in [5.74, 6) is 0.855. The molecule has 0 fully saturated rings. The van der Waals surface area contributed by atoms with Crippen molar-refractivity contribution in [2.75, 3.05) is 26.2 Å². The minimum Gasteiger partial charge on any atom is -0.389 e. The number of halogens is 1. The Labute approximate surface area is 134 Å². The molecule has 0 unspecified atom stereocenters. The largest absolute Gasteiger partial charge is 0.389 e. The summed E-state index contributed by atoms with van der Waals surface area (Å²) >= 11 is 0. The molecular weight excluding hydrogens is 281 g/mol. The molecule has 0 aliphatic carbocycles. The first-order valence-corrected chi connectivity index (χ1v) is 8.10. The SMILES string of the molecule is CC(C)CN(CC(C)C)C[C@@H](O)COCc1ccccc1F. The second-order valence-electron chi connectivity index (χ2n) is 6.77. The minimum absolute atomic E-state index is 0.193. The predicted molar refractivity (Wildman–Crippen MR) is 88.2 cm³/mol. The van der Waals surface area contributed by atoms with Gasteiger partial charge in [0, 0.05) is 25.2 Å². The highest BCUT2D eigenvalue weighted by Gasteiger charge is 2.15. The maximum Gasteiger partial charge on any atom is 0.128 e. The van der Waals surface area contributed by atoms with E-state index in [0.717, 1.165) is 13.1 Å². The fraction of sp³-hybridized carbons (Fsp3) is 0.667. The van der Waals surface area contributed by atoms with Gasteiger partial charge in [0.05, 0.1) is 19.3 Å². The van der Waals surface area contributed by atoms with Gasteiger partial charge < -0.3 is 14.7 Å². The summed E-state index contributed by atoms with van der Waals surface area (Å²) in [6.45, 7) is 11.6. The summed E-state index contributed by atoms with van der Waals surface area (Å²) < 4.78 is 18.9. The molecule has 0 aromatic heterocycles. The molecule has 0 saturated heterocycles. The number of ether oxygens (including phenoxy) is 1. The number of hydrogen-bond acceptors (Lipinski definition) is 3. The highest BCUT2D eigenvalue weighted by Crippen LogP contribution is 2.09. The van der Waals surface area contributed by atoms with Gasteiger partial charge in [0.25, 0.3) is 0 Å². The van der Waals surface area contributed by atoms with Gasteiger partial charge in [-0.3, -0.25) is 0 Å². The molecule has 1 N–H and O–H groups in total. The van der Waals surface area contributed by atoms with Crippen molar-refractivity contribution in [1.29, 1.82) is 0 Å². The summed E-state index contributed by atoms with van der Waals surface area (Å²) in [6, 6.07) is 6.56. The van der Waals surface area contributed by atoms with Gasteiger partial charge in [0.1, 0.15) is 5.82 Å². The van der Waals surface area contributed by atoms with Crippen LogP contribution in [0.5, 0.6) is 0 Å². The fourth-order valence-corrected chi connectivity index (χ4v) is 2.53. The molecule has 0 heterocycles. The third kappa shape index (κ3) is 7.87. The fourth-order valence-electron chi connectivity index (χ4n) is 2.53. The number of rotatable bonds is 10. The minimum atomic E-state index is -0.552. The van der Waals surface area contributed by atoms with E-state index in [-0.39, 0.29) is 19.0 Å². The second kappa shape index (κ2) is 9.93. The van der Waals surface area contributed by atoms with Crippen LogP contribution in [-0.4, -0.2) is 42.4 Å². The summed E-state index contributed by atoms with van der Waals surface area (Å²) in [4.78, 5) is 2.27. The first kappa shape index (κ1) is 19.1. The normalized spacial score (nSPS) is 13.3. The average molecular weight is 311 g/mol. The quantitative estimate of drug-likeness (QED) is 0.719. The molecule has 1 atom stereocenters. The zero-order valence-corrected chi connectivity index (χ0v) is 14.3. The number of aliphatic hydroxyl groups excluding tert-OH is 1. The van der Waals surface area contributed by atoms with Crippen LogP contribution in [0.15, 0.2) is 24.3 Å². The van der Waals surface area contributed by atoms with Crippen molar-refractivity contribution in [3.05, 3.63) is 35.6 Å². The van der Waals surface area contributed by atoms with E-state index in [1.165, 1.54) is 6.07 Å². The lowest BCUT2D eigenvalue weighted by Crippen LogP contribution is -2.39. The Morgan fingerprint density at radius 2 is 1.64 bits per heavy atom. The van der Waals surface area contributed by atoms with Gasteiger partial charge in [-0.05, 0) is 17.9 Å². The highest BCUT2D eigenvalue weighted by molar-refractivity contribution is 5.16. The molecule has 1 aromatic carbocycles. The second-order valence-corrected chi connectivity index (χ2v) is 6.77. The van der Waals surface area contributed by atoms with E-state index in [0.29, 0.717) is 23.9 Å². The van der Waals surface area contributed by atoms with E-state index in [1.54, 1.807) is 18.2 Å². The molecule has 126 valence electrons. The third-order valence-electron chi connectivity index (χ3n) is 3.24. The standard InChI is InChI=1S/C18H30FNO2/c1-14(2)9-20(10-15(3)4)11-17(21)13-22-12-16-7-5-6-8-18(16)19/h5-8,14-15,17,21H,9-13H2,1-4H3/t17-/m1/s1. The highest BCUT2D eigenvalue weighted by atomic mass is 19.1. The van der Waals surface area contributed by atoms with E-state index < -0.39 is 6.10 Å². The van der Waals surface area contributed by atoms with Crippen LogP contribution < -0.4 is 0 Å². The molecule has 0 aliphatic rings. The Hall–Kier alpha value is -0.970. The third-order valence-corrected chi connectivity index (χ3v) is 3.24. The molecule has 0 saturated carbocycles. The van der Waals surface area contributed by atoms with Crippen molar-refractivity contribution >= 4 is 0 Å². The average Bonchev–Trinajstić information content (AvgIpc) is 2.39. The molecule has 22 heavy (non-hydrogen) atoms. The molecule has 0 aliphatic heterocycles. The van der Waals surface area contributed by atoms with E-state index in [4.69, 9.17) is 4.74 Å². The smallest absolute Gasteiger partial charge is 0.128 e. The maximum absolute atomic E-state index is 13.5. The Morgan fingerprint density at radius 1 is 1.05 bits per heavy atom. The Balaban J connectivity index is 2.36. The van der Waals surface area contributed by atoms with Gasteiger partial charge in [0.15, 0.2) is 0 Å². The Bertz CT molecular complexity index is 413. The van der Waals surface area contributed by atoms with E-state index >= 15 is 0 Å². The number of hydrogen-bond donors (Lipinski definition) is 1. The van der Waals surface area contributed by atoms with Crippen molar-refractivity contribution in [1.82, 2.24) is 4.90 Å². The molecule has 1 rings (SSSR count). The van der Waals surface area contributed by atoms with Gasteiger partial charge >= 0.3 is 0 Å². The van der Waals surface area contributed by atoms with Crippen LogP contribution in [0.4, 0.5) is 4.39 Å². The maximum atomic E-state index is 13.5. The predicted octanol–water partition coefficient (Wildman–Crippen LogP) is 3.32. The van der Waals surface area contributed by atoms with Crippen LogP contribution in [0.2, 0.25) is 0 Å². The van der Waals surface area contributed by atoms with Crippen molar-refractivity contribution in [2.45, 2.75) is 40.4 Å². The van der Waals surface area contributed by atoms with Crippen LogP contribution in [-0.2, 0) is 11.3 Å². The van der Waals surface area contributed by atoms with Gasteiger partial charge in [-0.15, -0.1) is 0 Å². The zero-order chi connectivity index (χ0) is 16.5. The van der Waals surface area contributed by atoms with Gasteiger partial charge in [-0.1, -0.05) is 45.9 Å². The zero-order valence-electron chi connectivity index (χ0n) is 14.3. The lowest BCUT2D eigenvalue weighted by atomic mass is 10.1. The van der Waals surface area contributed by atoms with Crippen LogP contribution in [0.1, 0.15) is 33.3 Å². The molecule has 0 bridgehead atoms. The summed E-state index contributed by atoms with van der Waals surface area (Å²) in [5.41, 5.74) is 0.524. The number of nitrogens with zero attached hydrogens (tertiary/aromatic N) is 1. The van der Waals surface area contributed by atoms with Crippen LogP contribution in [0, 0.1) is 17.7 Å². The summed E-state index contributed by atoms with van der Waals surface area (Å²) in [5, 5.41) is 10.1. The number of benzene rings is 1. The molecule has 1 aromatic rings. The molecule has 0 radical (unpaired) electrons. The molecule has 0 amide bonds. The lowest BCUT2D eigenvalue weighted by molar-refractivity contribution is 0.00572. The van der Waals surface area contributed by atoms with Crippen molar-refractivity contribution in [3.63, 3.8) is 0 Å². The Kier molecular flexibility index (Phi) is 8.61. The van der Waals surface area contributed by atoms with E-state index in [1.807, 2.05) is 0 Å². The monoisotopic (exact) mass is 311 g/mol. The molecular formula is C18H30FNO2. The van der Waals surface area contributed by atoms with Crippen LogP contribution in [0.25, 0.3) is 0 Å². The van der Waals surface area contributed by atoms with Crippen molar-refractivity contribution in [3.8, 4) is 0 Å². The first-order valence-electron chi connectivity index (χ1n) is 8.10. The van der Waals surface area contributed by atoms with Gasteiger partial charge in [-0.25, -0.2) is 4.39 Å². The lowest BCUT2D eigenvalue weighted by Gasteiger charge is -2.28. The summed E-state index contributed by atoms with van der Waals surface area (Å²) in [6.07, 6.45) is -0.552. The first-order chi connectivity index (χ1) is 10.4. The summed E-state index contributed by atoms with van der Waals surface area (Å²) in [7, 11) is 0. The Morgan fingerprint density at radius 3 is 2.18 bits per heavy atom. The van der Waals surface area contributed by atoms with Crippen molar-refractivity contribution in [2.24, 2.45) is 11.8 Å². The number of aliphatic hydroxyl groups is 1. The van der Waals surface area contributed by atoms with E-state index in [2.05, 4.69) is 32.6 Å². The van der Waals surface area contributed by atoms with Crippen LogP contribution >= 0.6 is 0 Å². The van der Waals surface area contributed by atoms with E-state index in [9.17, 15) is 9.50 Å². The van der Waals surface area contributed by atoms with Crippen LogP contribution in [0.3, 0.4) is 0 Å². The molecule has 3 nitrogen and oxygen atoms in total.